The normalized spacial score (nSPS) is 11.4. The highest BCUT2D eigenvalue weighted by atomic mass is 32.2. The van der Waals surface area contributed by atoms with Gasteiger partial charge in [0.05, 0.1) is 11.9 Å². The first kappa shape index (κ1) is 12.4. The van der Waals surface area contributed by atoms with Crippen LogP contribution in [0, 0.1) is 0 Å². The summed E-state index contributed by atoms with van der Waals surface area (Å²) >= 11 is 0. The summed E-state index contributed by atoms with van der Waals surface area (Å²) in [5.74, 6) is -1.77. The molecule has 0 spiro atoms. The molecule has 0 unspecified atom stereocenters. The first-order chi connectivity index (χ1) is 7.31. The first-order valence-corrected chi connectivity index (χ1v) is 5.99. The van der Waals surface area contributed by atoms with Crippen LogP contribution in [0.25, 0.3) is 0 Å². The second-order valence-corrected chi connectivity index (χ2v) is 5.20. The zero-order chi connectivity index (χ0) is 12.5. The highest BCUT2D eigenvalue weighted by Crippen LogP contribution is 2.12. The van der Waals surface area contributed by atoms with Crippen molar-refractivity contribution in [3.8, 4) is 0 Å². The van der Waals surface area contributed by atoms with Crippen LogP contribution in [-0.4, -0.2) is 40.1 Å². The Morgan fingerprint density at radius 3 is 2.50 bits per heavy atom. The maximum Gasteiger partial charge on any atom is 0.339 e. The molecule has 8 heteroatoms. The number of carboxylic acid groups (broad SMARTS) is 1. The van der Waals surface area contributed by atoms with Crippen molar-refractivity contribution >= 4 is 20.9 Å². The minimum absolute atomic E-state index is 0.379. The van der Waals surface area contributed by atoms with Crippen molar-refractivity contribution in [2.24, 2.45) is 7.05 Å². The average Bonchev–Trinajstić information content (AvgIpc) is 2.59. The van der Waals surface area contributed by atoms with Crippen molar-refractivity contribution in [1.82, 2.24) is 9.78 Å². The molecule has 16 heavy (non-hydrogen) atoms. The molecular weight excluding hydrogens is 236 g/mol. The Kier molecular flexibility index (Phi) is 3.13. The zero-order valence-corrected chi connectivity index (χ0v) is 9.48. The van der Waals surface area contributed by atoms with Crippen LogP contribution >= 0.6 is 0 Å². The zero-order valence-electron chi connectivity index (χ0n) is 8.67. The lowest BCUT2D eigenvalue weighted by atomic mass is 10.2. The number of aryl methyl sites for hydroxylation is 1. The monoisotopic (exact) mass is 246 g/mol. The van der Waals surface area contributed by atoms with Crippen molar-refractivity contribution in [3.05, 3.63) is 17.5 Å². The van der Waals surface area contributed by atoms with E-state index in [2.05, 4.69) is 5.10 Å². The summed E-state index contributed by atoms with van der Waals surface area (Å²) in [6, 6.07) is 0. The highest BCUT2D eigenvalue weighted by Gasteiger charge is 2.30. The SMILES string of the molecule is CCS(=O)(=O)C(=O)c1c(C(=O)O)cnn1C. The van der Waals surface area contributed by atoms with Gasteiger partial charge in [0.1, 0.15) is 11.3 Å². The predicted molar refractivity (Wildman–Crippen MR) is 54.0 cm³/mol. The molecule has 0 aliphatic rings. The number of nitrogens with zero attached hydrogens (tertiary/aromatic N) is 2. The van der Waals surface area contributed by atoms with Gasteiger partial charge in [0.2, 0.25) is 9.84 Å². The summed E-state index contributed by atoms with van der Waals surface area (Å²) < 4.78 is 23.6. The van der Waals surface area contributed by atoms with Crippen LogP contribution in [0.4, 0.5) is 0 Å². The fourth-order valence-corrected chi connectivity index (χ4v) is 1.91. The number of hydrogen-bond acceptors (Lipinski definition) is 5. The van der Waals surface area contributed by atoms with E-state index in [1.54, 1.807) is 0 Å². The van der Waals surface area contributed by atoms with Gasteiger partial charge in [0.25, 0.3) is 5.12 Å². The maximum absolute atomic E-state index is 11.6. The molecule has 0 atom stereocenters. The summed E-state index contributed by atoms with van der Waals surface area (Å²) in [7, 11) is -2.65. The fraction of sp³-hybridized carbons (Fsp3) is 0.375. The summed E-state index contributed by atoms with van der Waals surface area (Å²) in [5, 5.41) is 11.1. The molecule has 0 aliphatic carbocycles. The van der Waals surface area contributed by atoms with Gasteiger partial charge in [-0.2, -0.15) is 5.10 Å². The molecule has 0 saturated carbocycles. The van der Waals surface area contributed by atoms with Gasteiger partial charge in [-0.25, -0.2) is 13.2 Å². The summed E-state index contributed by atoms with van der Waals surface area (Å²) in [6.45, 7) is 1.31. The van der Waals surface area contributed by atoms with Gasteiger partial charge in [-0.15, -0.1) is 0 Å². The summed E-state index contributed by atoms with van der Waals surface area (Å²) in [6.07, 6.45) is 0.945. The Bertz CT molecular complexity index is 543. The van der Waals surface area contributed by atoms with E-state index in [1.165, 1.54) is 14.0 Å². The molecule has 0 aliphatic heterocycles. The Labute approximate surface area is 91.6 Å². The first-order valence-electron chi connectivity index (χ1n) is 4.33. The third kappa shape index (κ3) is 1.96. The molecule has 1 N–H and O–H groups in total. The summed E-state index contributed by atoms with van der Waals surface area (Å²) in [4.78, 5) is 22.3. The van der Waals surface area contributed by atoms with Gasteiger partial charge >= 0.3 is 5.97 Å². The standard InChI is InChI=1S/C8H10N2O5S/c1-3-16(14,15)8(13)6-5(7(11)12)4-9-10(6)2/h4H,3H2,1-2H3,(H,11,12). The predicted octanol–water partition coefficient (Wildman–Crippen LogP) is -0.307. The highest BCUT2D eigenvalue weighted by molar-refractivity contribution is 8.06. The van der Waals surface area contributed by atoms with Crippen LogP contribution in [0.15, 0.2) is 6.20 Å². The third-order valence-corrected chi connectivity index (χ3v) is 3.54. The largest absolute Gasteiger partial charge is 0.478 e. The summed E-state index contributed by atoms with van der Waals surface area (Å²) in [5.41, 5.74) is -0.834. The molecule has 1 rings (SSSR count). The topological polar surface area (TPSA) is 106 Å². The fourth-order valence-electron chi connectivity index (χ4n) is 1.11. The Balaban J connectivity index is 3.40. The van der Waals surface area contributed by atoms with Crippen LogP contribution in [0.2, 0.25) is 0 Å². The molecule has 1 aromatic rings. The molecule has 0 aromatic carbocycles. The molecule has 1 aromatic heterocycles. The molecule has 0 bridgehead atoms. The molecule has 0 saturated heterocycles. The Morgan fingerprint density at radius 1 is 1.50 bits per heavy atom. The van der Waals surface area contributed by atoms with Crippen LogP contribution in [-0.2, 0) is 16.9 Å². The Hall–Kier alpha value is -1.70. The molecular formula is C8H10N2O5S. The Morgan fingerprint density at radius 2 is 2.06 bits per heavy atom. The van der Waals surface area contributed by atoms with E-state index in [0.717, 1.165) is 10.9 Å². The molecule has 88 valence electrons. The number of sulfone groups is 1. The van der Waals surface area contributed by atoms with Crippen molar-refractivity contribution < 1.29 is 23.1 Å². The number of carbonyl (C=O) groups is 2. The second-order valence-electron chi connectivity index (χ2n) is 3.03. The number of rotatable bonds is 3. The van der Waals surface area contributed by atoms with Crippen molar-refractivity contribution in [2.75, 3.05) is 5.75 Å². The van der Waals surface area contributed by atoms with Crippen LogP contribution in [0.3, 0.4) is 0 Å². The van der Waals surface area contributed by atoms with Gasteiger partial charge in [-0.05, 0) is 0 Å². The van der Waals surface area contributed by atoms with Gasteiger partial charge in [0, 0.05) is 7.05 Å². The van der Waals surface area contributed by atoms with Crippen molar-refractivity contribution in [2.45, 2.75) is 6.92 Å². The van der Waals surface area contributed by atoms with Gasteiger partial charge in [0.15, 0.2) is 0 Å². The van der Waals surface area contributed by atoms with E-state index < -0.39 is 32.2 Å². The lowest BCUT2D eigenvalue weighted by Crippen LogP contribution is -2.22. The minimum atomic E-state index is -3.96. The van der Waals surface area contributed by atoms with Crippen LogP contribution in [0.5, 0.6) is 0 Å². The number of hydrogen-bond donors (Lipinski definition) is 1. The van der Waals surface area contributed by atoms with Crippen molar-refractivity contribution in [3.63, 3.8) is 0 Å². The van der Waals surface area contributed by atoms with Gasteiger partial charge in [-0.1, -0.05) is 6.92 Å². The van der Waals surface area contributed by atoms with Crippen LogP contribution < -0.4 is 0 Å². The molecule has 0 fully saturated rings. The van der Waals surface area contributed by atoms with Crippen LogP contribution in [0.1, 0.15) is 27.8 Å². The van der Waals surface area contributed by atoms with E-state index >= 15 is 0 Å². The molecule has 0 amide bonds. The smallest absolute Gasteiger partial charge is 0.339 e. The van der Waals surface area contributed by atoms with E-state index in [4.69, 9.17) is 5.11 Å². The quantitative estimate of drug-likeness (QED) is 0.784. The van der Waals surface area contributed by atoms with E-state index in [1.807, 2.05) is 0 Å². The van der Waals surface area contributed by atoms with E-state index in [9.17, 15) is 18.0 Å². The lowest BCUT2D eigenvalue weighted by Gasteiger charge is -2.02. The lowest BCUT2D eigenvalue weighted by molar-refractivity contribution is 0.0693. The maximum atomic E-state index is 11.6. The minimum Gasteiger partial charge on any atom is -0.478 e. The van der Waals surface area contributed by atoms with Crippen molar-refractivity contribution in [1.29, 1.82) is 0 Å². The average molecular weight is 246 g/mol. The van der Waals surface area contributed by atoms with E-state index in [0.29, 0.717) is 0 Å². The third-order valence-electron chi connectivity index (χ3n) is 2.03. The number of carboxylic acids is 1. The second kappa shape index (κ2) is 4.05. The molecule has 1 heterocycles. The van der Waals surface area contributed by atoms with Gasteiger partial charge in [-0.3, -0.25) is 9.48 Å². The van der Waals surface area contributed by atoms with Gasteiger partial charge < -0.3 is 5.11 Å². The number of aromatic nitrogens is 2. The van der Waals surface area contributed by atoms with E-state index in [-0.39, 0.29) is 5.75 Å². The molecule has 0 radical (unpaired) electrons. The molecule has 7 nitrogen and oxygen atoms in total. The number of carbonyl (C=O) groups excluding carboxylic acids is 1. The number of aromatic carboxylic acids is 1.